The molecular weight excluding hydrogens is 376 g/mol. The summed E-state index contributed by atoms with van der Waals surface area (Å²) in [4.78, 5) is 24.5. The molecule has 1 aliphatic heterocycles. The van der Waals surface area contributed by atoms with E-state index in [1.807, 2.05) is 57.2 Å². The highest BCUT2D eigenvalue weighted by Gasteiger charge is 2.26. The van der Waals surface area contributed by atoms with Crippen LogP contribution >= 0.6 is 0 Å². The highest BCUT2D eigenvalue weighted by atomic mass is 16.3. The lowest BCUT2D eigenvalue weighted by atomic mass is 9.96. The molecule has 3 heterocycles. The third kappa shape index (κ3) is 4.60. The van der Waals surface area contributed by atoms with Gasteiger partial charge in [-0.05, 0) is 76.6 Å². The summed E-state index contributed by atoms with van der Waals surface area (Å²) in [7, 11) is 0. The summed E-state index contributed by atoms with van der Waals surface area (Å²) in [6, 6.07) is 11.6. The zero-order valence-electron chi connectivity index (χ0n) is 17.8. The van der Waals surface area contributed by atoms with Crippen LogP contribution in [0.4, 0.5) is 5.69 Å². The number of likely N-dealkylation sites (tertiary alicyclic amines) is 1. The molecule has 1 fully saturated rings. The van der Waals surface area contributed by atoms with Crippen LogP contribution in [0, 0.1) is 26.7 Å². The van der Waals surface area contributed by atoms with Crippen molar-refractivity contribution in [3.05, 3.63) is 65.4 Å². The quantitative estimate of drug-likeness (QED) is 0.677. The molecule has 1 amide bonds. The van der Waals surface area contributed by atoms with Gasteiger partial charge in [0.1, 0.15) is 5.76 Å². The van der Waals surface area contributed by atoms with Crippen molar-refractivity contribution in [2.45, 2.75) is 40.2 Å². The van der Waals surface area contributed by atoms with Gasteiger partial charge in [-0.25, -0.2) is 0 Å². The molecule has 1 saturated heterocycles. The van der Waals surface area contributed by atoms with E-state index in [2.05, 4.69) is 15.2 Å². The average molecular weight is 405 g/mol. The number of piperidine rings is 1. The van der Waals surface area contributed by atoms with Gasteiger partial charge in [-0.1, -0.05) is 0 Å². The molecule has 30 heavy (non-hydrogen) atoms. The molecular formula is C24H28N4O2. The standard InChI is InChI=1S/C24H28N4O2/c1-16-17(2)26-22(18(3)25-16)15-28-12-4-6-20(14-28)24(29)27-21-10-8-19(9-11-21)23-7-5-13-30-23/h5,7-11,13,20H,4,6,12,14-15H2,1-3H3,(H,27,29). The van der Waals surface area contributed by atoms with E-state index in [4.69, 9.17) is 9.40 Å². The lowest BCUT2D eigenvalue weighted by molar-refractivity contribution is -0.121. The maximum atomic E-state index is 12.9. The van der Waals surface area contributed by atoms with Gasteiger partial charge < -0.3 is 9.73 Å². The van der Waals surface area contributed by atoms with Crippen molar-refractivity contribution in [3.63, 3.8) is 0 Å². The molecule has 0 saturated carbocycles. The average Bonchev–Trinajstić information content (AvgIpc) is 3.28. The van der Waals surface area contributed by atoms with Crippen LogP contribution in [0.3, 0.4) is 0 Å². The Labute approximate surface area is 177 Å². The zero-order chi connectivity index (χ0) is 21.1. The molecule has 1 aromatic carbocycles. The smallest absolute Gasteiger partial charge is 0.228 e. The second kappa shape index (κ2) is 8.79. The first-order valence-electron chi connectivity index (χ1n) is 10.5. The second-order valence-electron chi connectivity index (χ2n) is 8.04. The number of carbonyl (C=O) groups is 1. The summed E-state index contributed by atoms with van der Waals surface area (Å²) in [6.45, 7) is 8.45. The lowest BCUT2D eigenvalue weighted by Gasteiger charge is -2.32. The van der Waals surface area contributed by atoms with Gasteiger partial charge in [-0.2, -0.15) is 0 Å². The maximum Gasteiger partial charge on any atom is 0.228 e. The molecule has 156 valence electrons. The Morgan fingerprint density at radius 3 is 2.60 bits per heavy atom. The van der Waals surface area contributed by atoms with Crippen LogP contribution in [-0.2, 0) is 11.3 Å². The number of amides is 1. The fraction of sp³-hybridized carbons (Fsp3) is 0.375. The number of carbonyl (C=O) groups excluding carboxylic acids is 1. The van der Waals surface area contributed by atoms with Crippen LogP contribution in [0.15, 0.2) is 47.1 Å². The minimum absolute atomic E-state index is 0.0247. The summed E-state index contributed by atoms with van der Waals surface area (Å²) >= 11 is 0. The van der Waals surface area contributed by atoms with Gasteiger partial charge in [0.25, 0.3) is 0 Å². The summed E-state index contributed by atoms with van der Waals surface area (Å²) < 4.78 is 5.42. The van der Waals surface area contributed by atoms with Crippen molar-refractivity contribution in [1.29, 1.82) is 0 Å². The molecule has 1 aliphatic rings. The van der Waals surface area contributed by atoms with E-state index in [1.165, 1.54) is 0 Å². The van der Waals surface area contributed by atoms with E-state index in [0.29, 0.717) is 0 Å². The van der Waals surface area contributed by atoms with Crippen molar-refractivity contribution in [1.82, 2.24) is 14.9 Å². The molecule has 1 atom stereocenters. The minimum Gasteiger partial charge on any atom is -0.464 e. The van der Waals surface area contributed by atoms with Crippen molar-refractivity contribution < 1.29 is 9.21 Å². The fourth-order valence-corrected chi connectivity index (χ4v) is 3.94. The third-order valence-electron chi connectivity index (χ3n) is 5.79. The number of rotatable bonds is 5. The highest BCUT2D eigenvalue weighted by molar-refractivity contribution is 5.93. The van der Waals surface area contributed by atoms with E-state index in [0.717, 1.165) is 72.3 Å². The van der Waals surface area contributed by atoms with Crippen molar-refractivity contribution in [3.8, 4) is 11.3 Å². The van der Waals surface area contributed by atoms with Crippen LogP contribution in [0.2, 0.25) is 0 Å². The van der Waals surface area contributed by atoms with Gasteiger partial charge in [-0.3, -0.25) is 19.7 Å². The third-order valence-corrected chi connectivity index (χ3v) is 5.79. The lowest BCUT2D eigenvalue weighted by Crippen LogP contribution is -2.40. The molecule has 4 rings (SSSR count). The van der Waals surface area contributed by atoms with E-state index >= 15 is 0 Å². The molecule has 3 aromatic rings. The van der Waals surface area contributed by atoms with Crippen molar-refractivity contribution in [2.75, 3.05) is 18.4 Å². The number of aromatic nitrogens is 2. The Morgan fingerprint density at radius 2 is 1.87 bits per heavy atom. The summed E-state index contributed by atoms with van der Waals surface area (Å²) in [5.74, 6) is 0.872. The summed E-state index contributed by atoms with van der Waals surface area (Å²) in [6.07, 6.45) is 3.57. The topological polar surface area (TPSA) is 71.3 Å². The molecule has 0 bridgehead atoms. The Bertz CT molecular complexity index is 1010. The summed E-state index contributed by atoms with van der Waals surface area (Å²) in [5.41, 5.74) is 5.73. The van der Waals surface area contributed by atoms with Gasteiger partial charge in [-0.15, -0.1) is 0 Å². The first-order chi connectivity index (χ1) is 14.5. The number of nitrogens with zero attached hydrogens (tertiary/aromatic N) is 3. The number of benzene rings is 1. The number of aryl methyl sites for hydroxylation is 3. The fourth-order valence-electron chi connectivity index (χ4n) is 3.94. The zero-order valence-corrected chi connectivity index (χ0v) is 17.8. The SMILES string of the molecule is Cc1nc(C)c(CN2CCCC(C(=O)Nc3ccc(-c4ccco4)cc3)C2)nc1C. The molecule has 0 spiro atoms. The summed E-state index contributed by atoms with van der Waals surface area (Å²) in [5, 5.41) is 3.07. The predicted octanol–water partition coefficient (Wildman–Crippen LogP) is 4.51. The van der Waals surface area contributed by atoms with Gasteiger partial charge in [0, 0.05) is 24.3 Å². The highest BCUT2D eigenvalue weighted by Crippen LogP contribution is 2.24. The van der Waals surface area contributed by atoms with Crippen LogP contribution in [-0.4, -0.2) is 33.9 Å². The number of hydrogen-bond acceptors (Lipinski definition) is 5. The van der Waals surface area contributed by atoms with Crippen LogP contribution in [0.5, 0.6) is 0 Å². The Balaban J connectivity index is 1.37. The Morgan fingerprint density at radius 1 is 1.10 bits per heavy atom. The number of furan rings is 1. The van der Waals surface area contributed by atoms with E-state index in [-0.39, 0.29) is 11.8 Å². The minimum atomic E-state index is -0.0247. The van der Waals surface area contributed by atoms with Gasteiger partial charge in [0.15, 0.2) is 0 Å². The molecule has 6 heteroatoms. The van der Waals surface area contributed by atoms with Gasteiger partial charge in [0.05, 0.1) is 35.0 Å². The molecule has 6 nitrogen and oxygen atoms in total. The van der Waals surface area contributed by atoms with E-state index in [9.17, 15) is 4.79 Å². The number of anilines is 1. The van der Waals surface area contributed by atoms with E-state index in [1.54, 1.807) is 6.26 Å². The van der Waals surface area contributed by atoms with Crippen LogP contribution in [0.1, 0.15) is 35.6 Å². The maximum absolute atomic E-state index is 12.9. The molecule has 0 aliphatic carbocycles. The monoisotopic (exact) mass is 404 g/mol. The van der Waals surface area contributed by atoms with Crippen LogP contribution < -0.4 is 5.32 Å². The van der Waals surface area contributed by atoms with E-state index < -0.39 is 0 Å². The number of hydrogen-bond donors (Lipinski definition) is 1. The first-order valence-corrected chi connectivity index (χ1v) is 10.5. The Hall–Kier alpha value is -2.99. The molecule has 1 unspecified atom stereocenters. The van der Waals surface area contributed by atoms with Gasteiger partial charge in [0.2, 0.25) is 5.91 Å². The second-order valence-corrected chi connectivity index (χ2v) is 8.04. The normalized spacial score (nSPS) is 17.1. The van der Waals surface area contributed by atoms with Crippen LogP contribution in [0.25, 0.3) is 11.3 Å². The molecule has 2 aromatic heterocycles. The van der Waals surface area contributed by atoms with Crippen molar-refractivity contribution in [2.24, 2.45) is 5.92 Å². The largest absolute Gasteiger partial charge is 0.464 e. The molecule has 1 N–H and O–H groups in total. The Kier molecular flexibility index (Phi) is 5.95. The van der Waals surface area contributed by atoms with Crippen molar-refractivity contribution >= 4 is 11.6 Å². The number of nitrogens with one attached hydrogen (secondary N) is 1. The first kappa shape index (κ1) is 20.3. The predicted molar refractivity (Wildman–Crippen MR) is 117 cm³/mol. The van der Waals surface area contributed by atoms with Gasteiger partial charge >= 0.3 is 0 Å². The molecule has 0 radical (unpaired) electrons.